The van der Waals surface area contributed by atoms with Gasteiger partial charge in [0, 0.05) is 21.4 Å². The molecule has 0 fully saturated rings. The number of nitrogens with one attached hydrogen (secondary N) is 1. The second-order valence-corrected chi connectivity index (χ2v) is 5.96. The average molecular weight is 313 g/mol. The number of benzene rings is 1. The van der Waals surface area contributed by atoms with Crippen LogP contribution < -0.4 is 5.32 Å². The molecule has 1 heterocycles. The molecule has 5 heteroatoms. The van der Waals surface area contributed by atoms with Crippen LogP contribution in [0.3, 0.4) is 0 Å². The maximum absolute atomic E-state index is 13.8. The van der Waals surface area contributed by atoms with Crippen LogP contribution in [0.1, 0.15) is 37.6 Å². The Hall–Kier alpha value is -1.33. The van der Waals surface area contributed by atoms with E-state index in [1.165, 1.54) is 17.4 Å². The van der Waals surface area contributed by atoms with Crippen LogP contribution in [0.2, 0.25) is 0 Å². The van der Waals surface area contributed by atoms with E-state index < -0.39 is 17.5 Å². The zero-order valence-corrected chi connectivity index (χ0v) is 12.9. The van der Waals surface area contributed by atoms with Gasteiger partial charge in [0.15, 0.2) is 17.5 Å². The van der Waals surface area contributed by atoms with Gasteiger partial charge in [-0.1, -0.05) is 13.8 Å². The molecule has 0 radical (unpaired) electrons. The lowest BCUT2D eigenvalue weighted by molar-refractivity contribution is 0.449. The Morgan fingerprint density at radius 2 is 1.81 bits per heavy atom. The summed E-state index contributed by atoms with van der Waals surface area (Å²) in [5.41, 5.74) is 0.107. The van der Waals surface area contributed by atoms with Gasteiger partial charge in [-0.05, 0) is 43.7 Å². The molecule has 1 aromatic heterocycles. The highest BCUT2D eigenvalue weighted by Gasteiger charge is 2.17. The van der Waals surface area contributed by atoms with Crippen molar-refractivity contribution >= 4 is 11.3 Å². The molecule has 0 saturated heterocycles. The summed E-state index contributed by atoms with van der Waals surface area (Å²) in [6, 6.07) is 6.12. The van der Waals surface area contributed by atoms with Crippen molar-refractivity contribution in [2.24, 2.45) is 0 Å². The van der Waals surface area contributed by atoms with Crippen molar-refractivity contribution in [2.75, 3.05) is 6.54 Å². The molecule has 1 aromatic carbocycles. The van der Waals surface area contributed by atoms with Gasteiger partial charge in [0.05, 0.1) is 0 Å². The summed E-state index contributed by atoms with van der Waals surface area (Å²) in [6.07, 6.45) is 1.95. The highest BCUT2D eigenvalue weighted by atomic mass is 32.1. The van der Waals surface area contributed by atoms with E-state index in [1.807, 2.05) is 6.07 Å². The molecule has 2 rings (SSSR count). The Balaban J connectivity index is 2.29. The van der Waals surface area contributed by atoms with E-state index in [0.29, 0.717) is 4.88 Å². The molecule has 0 spiro atoms. The third-order valence-corrected chi connectivity index (χ3v) is 4.55. The number of halogens is 3. The zero-order chi connectivity index (χ0) is 15.4. The maximum atomic E-state index is 13.8. The van der Waals surface area contributed by atoms with E-state index in [2.05, 4.69) is 19.2 Å². The number of rotatable bonds is 6. The van der Waals surface area contributed by atoms with Crippen LogP contribution in [-0.4, -0.2) is 6.54 Å². The van der Waals surface area contributed by atoms with Crippen molar-refractivity contribution in [2.45, 2.75) is 32.7 Å². The number of hydrogen-bond donors (Lipinski definition) is 1. The summed E-state index contributed by atoms with van der Waals surface area (Å²) >= 11 is 1.41. The molecule has 0 saturated carbocycles. The Morgan fingerprint density at radius 1 is 1.05 bits per heavy atom. The first-order chi connectivity index (χ1) is 10.1. The van der Waals surface area contributed by atoms with E-state index in [9.17, 15) is 13.2 Å². The summed E-state index contributed by atoms with van der Waals surface area (Å²) in [4.78, 5) is 1.68. The average Bonchev–Trinajstić information content (AvgIpc) is 2.95. The molecule has 1 unspecified atom stereocenters. The summed E-state index contributed by atoms with van der Waals surface area (Å²) in [5, 5.41) is 3.42. The molecular weight excluding hydrogens is 295 g/mol. The molecule has 114 valence electrons. The number of hydrogen-bond acceptors (Lipinski definition) is 2. The largest absolute Gasteiger partial charge is 0.309 e. The fraction of sp³-hybridized carbons (Fsp3) is 0.375. The molecule has 1 atom stereocenters. The molecule has 0 bridgehead atoms. The lowest BCUT2D eigenvalue weighted by atomic mass is 10.1. The lowest BCUT2D eigenvalue weighted by Gasteiger charge is -2.14. The Bertz CT molecular complexity index is 610. The minimum atomic E-state index is -1.42. The van der Waals surface area contributed by atoms with Crippen LogP contribution in [-0.2, 0) is 0 Å². The lowest BCUT2D eigenvalue weighted by Crippen LogP contribution is -2.20. The summed E-state index contributed by atoms with van der Waals surface area (Å²) in [6.45, 7) is 5.08. The van der Waals surface area contributed by atoms with Crippen LogP contribution in [0.5, 0.6) is 0 Å². The van der Waals surface area contributed by atoms with Crippen molar-refractivity contribution in [1.29, 1.82) is 0 Å². The minimum Gasteiger partial charge on any atom is -0.309 e. The topological polar surface area (TPSA) is 12.0 Å². The normalized spacial score (nSPS) is 12.6. The van der Waals surface area contributed by atoms with Crippen molar-refractivity contribution in [3.63, 3.8) is 0 Å². The molecule has 1 N–H and O–H groups in total. The first-order valence-electron chi connectivity index (χ1n) is 7.05. The SMILES string of the molecule is CCCNC(CC)c1ccc(-c2ccc(F)c(F)c2F)s1. The smallest absolute Gasteiger partial charge is 0.195 e. The van der Waals surface area contributed by atoms with Gasteiger partial charge >= 0.3 is 0 Å². The zero-order valence-electron chi connectivity index (χ0n) is 12.1. The van der Waals surface area contributed by atoms with Gasteiger partial charge in [-0.25, -0.2) is 13.2 Å². The van der Waals surface area contributed by atoms with Gasteiger partial charge in [0.2, 0.25) is 0 Å². The fourth-order valence-corrected chi connectivity index (χ4v) is 3.35. The van der Waals surface area contributed by atoms with Crippen LogP contribution in [0.4, 0.5) is 13.2 Å². The van der Waals surface area contributed by atoms with Crippen LogP contribution in [0.15, 0.2) is 24.3 Å². The summed E-state index contributed by atoms with van der Waals surface area (Å²) in [7, 11) is 0. The highest BCUT2D eigenvalue weighted by molar-refractivity contribution is 7.15. The van der Waals surface area contributed by atoms with E-state index in [4.69, 9.17) is 0 Å². The monoisotopic (exact) mass is 313 g/mol. The first-order valence-corrected chi connectivity index (χ1v) is 7.87. The third kappa shape index (κ3) is 3.47. The molecule has 0 aliphatic carbocycles. The summed E-state index contributed by atoms with van der Waals surface area (Å²) in [5.74, 6) is -3.71. The van der Waals surface area contributed by atoms with Crippen molar-refractivity contribution in [3.05, 3.63) is 46.6 Å². The molecule has 0 aliphatic heterocycles. The van der Waals surface area contributed by atoms with Gasteiger partial charge in [-0.3, -0.25) is 0 Å². The molecular formula is C16H18F3NS. The van der Waals surface area contributed by atoms with Gasteiger partial charge in [-0.15, -0.1) is 11.3 Å². The van der Waals surface area contributed by atoms with Crippen LogP contribution >= 0.6 is 11.3 Å². The maximum Gasteiger partial charge on any atom is 0.195 e. The summed E-state index contributed by atoms with van der Waals surface area (Å²) < 4.78 is 40.1. The second kappa shape index (κ2) is 7.09. The van der Waals surface area contributed by atoms with Gasteiger partial charge in [-0.2, -0.15) is 0 Å². The fourth-order valence-electron chi connectivity index (χ4n) is 2.17. The number of thiophene rings is 1. The van der Waals surface area contributed by atoms with E-state index in [1.54, 1.807) is 6.07 Å². The van der Waals surface area contributed by atoms with Gasteiger partial charge in [0.1, 0.15) is 0 Å². The molecule has 0 aliphatic rings. The second-order valence-electron chi connectivity index (χ2n) is 4.84. The molecule has 1 nitrogen and oxygen atoms in total. The molecule has 2 aromatic rings. The first kappa shape index (κ1) is 16.0. The van der Waals surface area contributed by atoms with E-state index in [0.717, 1.165) is 30.3 Å². The minimum absolute atomic E-state index is 0.107. The quantitative estimate of drug-likeness (QED) is 0.715. The molecule has 21 heavy (non-hydrogen) atoms. The highest BCUT2D eigenvalue weighted by Crippen LogP contribution is 2.34. The third-order valence-electron chi connectivity index (χ3n) is 3.32. The predicted molar refractivity (Wildman–Crippen MR) is 81.0 cm³/mol. The Labute approximate surface area is 126 Å². The van der Waals surface area contributed by atoms with Gasteiger partial charge < -0.3 is 5.32 Å². The van der Waals surface area contributed by atoms with Crippen LogP contribution in [0, 0.1) is 17.5 Å². The standard InChI is InChI=1S/C16H18F3NS/c1-3-9-20-12(4-2)14-8-7-13(21-14)10-5-6-11(17)16(19)15(10)18/h5-8,12,20H,3-4,9H2,1-2H3. The molecule has 0 amide bonds. The van der Waals surface area contributed by atoms with Crippen molar-refractivity contribution in [1.82, 2.24) is 5.32 Å². The van der Waals surface area contributed by atoms with E-state index >= 15 is 0 Å². The van der Waals surface area contributed by atoms with E-state index in [-0.39, 0.29) is 11.6 Å². The predicted octanol–water partition coefficient (Wildman–Crippen LogP) is 5.28. The van der Waals surface area contributed by atoms with Crippen molar-refractivity contribution < 1.29 is 13.2 Å². The van der Waals surface area contributed by atoms with Crippen molar-refractivity contribution in [3.8, 4) is 10.4 Å². The van der Waals surface area contributed by atoms with Crippen LogP contribution in [0.25, 0.3) is 10.4 Å². The Morgan fingerprint density at radius 3 is 2.48 bits per heavy atom. The Kier molecular flexibility index (Phi) is 5.42. The van der Waals surface area contributed by atoms with Gasteiger partial charge in [0.25, 0.3) is 0 Å².